The minimum absolute atomic E-state index is 0.596. The smallest absolute Gasteiger partial charge is 0.211 e. The van der Waals surface area contributed by atoms with Gasteiger partial charge in [0.05, 0.1) is 6.26 Å². The quantitative estimate of drug-likeness (QED) is 0.613. The topological polar surface area (TPSA) is 66.6 Å². The number of nitrogens with two attached hydrogens (primary N) is 1. The van der Waals surface area contributed by atoms with Gasteiger partial charge in [-0.25, -0.2) is 8.42 Å². The van der Waals surface area contributed by atoms with Gasteiger partial charge >= 0.3 is 0 Å². The summed E-state index contributed by atoms with van der Waals surface area (Å²) in [6, 6.07) is 0. The number of hydrogen-bond donors (Lipinski definition) is 1. The lowest BCUT2D eigenvalue weighted by atomic mass is 10.3. The second-order valence-corrected chi connectivity index (χ2v) is 5.27. The Labute approximate surface area is 79.5 Å². The van der Waals surface area contributed by atoms with Crippen LogP contribution in [0, 0.1) is 0 Å². The molecule has 0 bridgehead atoms. The van der Waals surface area contributed by atoms with Gasteiger partial charge in [0.1, 0.15) is 0 Å². The maximum Gasteiger partial charge on any atom is 0.211 e. The van der Waals surface area contributed by atoms with Crippen LogP contribution >= 0.6 is 0 Å². The molecule has 0 aromatic carbocycles. The van der Waals surface area contributed by atoms with Crippen molar-refractivity contribution in [3.8, 4) is 0 Å². The van der Waals surface area contributed by atoms with Gasteiger partial charge in [0.25, 0.3) is 0 Å². The van der Waals surface area contributed by atoms with E-state index in [1.807, 2.05) is 0 Å². The van der Waals surface area contributed by atoms with Crippen LogP contribution in [0.2, 0.25) is 0 Å². The van der Waals surface area contributed by atoms with E-state index in [4.69, 9.17) is 5.73 Å². The standard InChI is InChI=1S/C7H17N3O2S/c1-13(11,12)10-6-4-9(3-2-8)5-7-10/h2-8H2,1H3. The van der Waals surface area contributed by atoms with Crippen molar-refractivity contribution in [2.24, 2.45) is 5.73 Å². The second-order valence-electron chi connectivity index (χ2n) is 3.29. The minimum Gasteiger partial charge on any atom is -0.329 e. The average molecular weight is 207 g/mol. The van der Waals surface area contributed by atoms with E-state index in [0.717, 1.165) is 19.6 Å². The van der Waals surface area contributed by atoms with E-state index in [2.05, 4.69) is 4.90 Å². The zero-order valence-electron chi connectivity index (χ0n) is 7.94. The second kappa shape index (κ2) is 4.36. The summed E-state index contributed by atoms with van der Waals surface area (Å²) in [6.45, 7) is 4.28. The van der Waals surface area contributed by atoms with Crippen LogP contribution in [0.3, 0.4) is 0 Å². The van der Waals surface area contributed by atoms with Crippen molar-refractivity contribution in [1.29, 1.82) is 0 Å². The Morgan fingerprint density at radius 2 is 1.77 bits per heavy atom. The fraction of sp³-hybridized carbons (Fsp3) is 1.00. The average Bonchev–Trinajstić information content (AvgIpc) is 2.04. The van der Waals surface area contributed by atoms with E-state index in [0.29, 0.717) is 19.6 Å². The third-order valence-electron chi connectivity index (χ3n) is 2.25. The molecule has 0 atom stereocenters. The van der Waals surface area contributed by atoms with E-state index in [1.54, 1.807) is 0 Å². The third kappa shape index (κ3) is 3.22. The Balaban J connectivity index is 2.39. The zero-order valence-corrected chi connectivity index (χ0v) is 8.76. The minimum atomic E-state index is -2.99. The first-order valence-electron chi connectivity index (χ1n) is 4.41. The Morgan fingerprint density at radius 3 is 2.15 bits per heavy atom. The fourth-order valence-corrected chi connectivity index (χ4v) is 2.29. The van der Waals surface area contributed by atoms with Gasteiger partial charge in [-0.2, -0.15) is 4.31 Å². The van der Waals surface area contributed by atoms with Crippen LogP contribution in [0.15, 0.2) is 0 Å². The van der Waals surface area contributed by atoms with Crippen LogP contribution in [0.5, 0.6) is 0 Å². The van der Waals surface area contributed by atoms with Gasteiger partial charge in [0.2, 0.25) is 10.0 Å². The van der Waals surface area contributed by atoms with Gasteiger partial charge < -0.3 is 5.73 Å². The molecule has 6 heteroatoms. The zero-order chi connectivity index (χ0) is 9.90. The molecule has 1 saturated heterocycles. The van der Waals surface area contributed by atoms with E-state index in [9.17, 15) is 8.42 Å². The van der Waals surface area contributed by atoms with Crippen molar-refractivity contribution in [2.75, 3.05) is 45.5 Å². The maximum atomic E-state index is 11.1. The van der Waals surface area contributed by atoms with Crippen molar-refractivity contribution in [1.82, 2.24) is 9.21 Å². The lowest BCUT2D eigenvalue weighted by molar-refractivity contribution is 0.193. The number of piperazine rings is 1. The van der Waals surface area contributed by atoms with Crippen LogP contribution in [0.4, 0.5) is 0 Å². The van der Waals surface area contributed by atoms with Gasteiger partial charge in [-0.1, -0.05) is 0 Å². The summed E-state index contributed by atoms with van der Waals surface area (Å²) < 4.78 is 23.8. The van der Waals surface area contributed by atoms with Crippen LogP contribution in [-0.4, -0.2) is 63.1 Å². The normalized spacial score (nSPS) is 22.0. The molecule has 0 unspecified atom stereocenters. The van der Waals surface area contributed by atoms with Gasteiger partial charge in [0, 0.05) is 39.3 Å². The first kappa shape index (κ1) is 10.9. The molecule has 13 heavy (non-hydrogen) atoms. The van der Waals surface area contributed by atoms with E-state index in [1.165, 1.54) is 10.6 Å². The van der Waals surface area contributed by atoms with Gasteiger partial charge in [-0.05, 0) is 0 Å². The number of rotatable bonds is 3. The predicted octanol–water partition coefficient (Wildman–Crippen LogP) is -1.48. The summed E-state index contributed by atoms with van der Waals surface area (Å²) in [4.78, 5) is 2.18. The number of hydrogen-bond acceptors (Lipinski definition) is 4. The maximum absolute atomic E-state index is 11.1. The molecule has 0 spiro atoms. The Hall–Kier alpha value is -0.170. The monoisotopic (exact) mass is 207 g/mol. The molecule has 2 N–H and O–H groups in total. The largest absolute Gasteiger partial charge is 0.329 e. The van der Waals surface area contributed by atoms with E-state index < -0.39 is 10.0 Å². The summed E-state index contributed by atoms with van der Waals surface area (Å²) in [7, 11) is -2.99. The fourth-order valence-electron chi connectivity index (χ4n) is 1.47. The Morgan fingerprint density at radius 1 is 1.23 bits per heavy atom. The molecular weight excluding hydrogens is 190 g/mol. The molecule has 0 amide bonds. The van der Waals surface area contributed by atoms with E-state index in [-0.39, 0.29) is 0 Å². The molecule has 0 radical (unpaired) electrons. The van der Waals surface area contributed by atoms with Gasteiger partial charge in [-0.3, -0.25) is 4.90 Å². The molecule has 1 aliphatic rings. The highest BCUT2D eigenvalue weighted by Crippen LogP contribution is 2.04. The molecule has 0 aliphatic carbocycles. The van der Waals surface area contributed by atoms with Crippen molar-refractivity contribution in [3.63, 3.8) is 0 Å². The van der Waals surface area contributed by atoms with Gasteiger partial charge in [0.15, 0.2) is 0 Å². The predicted molar refractivity (Wildman–Crippen MR) is 51.9 cm³/mol. The molecule has 1 aliphatic heterocycles. The van der Waals surface area contributed by atoms with Gasteiger partial charge in [-0.15, -0.1) is 0 Å². The summed E-state index contributed by atoms with van der Waals surface area (Å²) in [5.41, 5.74) is 5.41. The highest BCUT2D eigenvalue weighted by atomic mass is 32.2. The van der Waals surface area contributed by atoms with Crippen LogP contribution in [0.1, 0.15) is 0 Å². The first-order valence-corrected chi connectivity index (χ1v) is 6.26. The summed E-state index contributed by atoms with van der Waals surface area (Å²) in [5.74, 6) is 0. The van der Waals surface area contributed by atoms with Crippen molar-refractivity contribution < 1.29 is 8.42 Å². The third-order valence-corrected chi connectivity index (χ3v) is 3.55. The molecule has 0 aromatic rings. The van der Waals surface area contributed by atoms with Crippen LogP contribution in [0.25, 0.3) is 0 Å². The molecule has 5 nitrogen and oxygen atoms in total. The molecule has 1 rings (SSSR count). The SMILES string of the molecule is CS(=O)(=O)N1CCN(CCN)CC1. The number of sulfonamides is 1. The van der Waals surface area contributed by atoms with Crippen LogP contribution < -0.4 is 5.73 Å². The van der Waals surface area contributed by atoms with Crippen molar-refractivity contribution >= 4 is 10.0 Å². The number of nitrogens with zero attached hydrogens (tertiary/aromatic N) is 2. The molecule has 1 fully saturated rings. The summed E-state index contributed by atoms with van der Waals surface area (Å²) >= 11 is 0. The Bertz CT molecular complexity index is 244. The molecule has 0 aromatic heterocycles. The Kier molecular flexibility index (Phi) is 3.66. The lowest BCUT2D eigenvalue weighted by Crippen LogP contribution is -2.49. The first-order chi connectivity index (χ1) is 6.04. The summed E-state index contributed by atoms with van der Waals surface area (Å²) in [5, 5.41) is 0. The van der Waals surface area contributed by atoms with Crippen LogP contribution in [-0.2, 0) is 10.0 Å². The summed E-state index contributed by atoms with van der Waals surface area (Å²) in [6.07, 6.45) is 1.26. The molecule has 78 valence electrons. The molecule has 0 saturated carbocycles. The molecule has 1 heterocycles. The lowest BCUT2D eigenvalue weighted by Gasteiger charge is -2.32. The van der Waals surface area contributed by atoms with Crippen molar-refractivity contribution in [2.45, 2.75) is 0 Å². The van der Waals surface area contributed by atoms with Crippen molar-refractivity contribution in [3.05, 3.63) is 0 Å². The van der Waals surface area contributed by atoms with E-state index >= 15 is 0 Å². The highest BCUT2D eigenvalue weighted by molar-refractivity contribution is 7.88. The highest BCUT2D eigenvalue weighted by Gasteiger charge is 2.22. The molecular formula is C7H17N3O2S.